The minimum atomic E-state index is 0.696. The van der Waals surface area contributed by atoms with Crippen LogP contribution in [0.3, 0.4) is 0 Å². The van der Waals surface area contributed by atoms with E-state index in [1.165, 1.54) is 0 Å². The fourth-order valence-electron chi connectivity index (χ4n) is 6.61. The molecule has 0 N–H and O–H groups in total. The van der Waals surface area contributed by atoms with Crippen LogP contribution in [0, 0.1) is 0 Å². The number of nitrogens with zero attached hydrogens (tertiary/aromatic N) is 5. The molecule has 0 spiro atoms. The predicted octanol–water partition coefficient (Wildman–Crippen LogP) is 12.0. The Bertz CT molecular complexity index is 2550. The maximum Gasteiger partial charge on any atom is 0.160 e. The molecule has 0 fully saturated rings. The Morgan fingerprint density at radius 3 is 1.22 bits per heavy atom. The highest BCUT2D eigenvalue weighted by Gasteiger charge is 2.13. The van der Waals surface area contributed by atoms with Crippen molar-refractivity contribution in [2.75, 3.05) is 0 Å². The topological polar surface area (TPSA) is 64.5 Å². The summed E-state index contributed by atoms with van der Waals surface area (Å²) in [7, 11) is 0. The van der Waals surface area contributed by atoms with Crippen molar-refractivity contribution >= 4 is 0 Å². The number of aromatic nitrogens is 5. The molecule has 5 nitrogen and oxygen atoms in total. The zero-order valence-electron chi connectivity index (χ0n) is 29.3. The molecule has 0 unspecified atom stereocenters. The minimum Gasteiger partial charge on any atom is -0.255 e. The average molecular weight is 692 g/mol. The quantitative estimate of drug-likeness (QED) is 0.159. The molecule has 0 saturated heterocycles. The normalized spacial score (nSPS) is 11.0. The first-order valence-electron chi connectivity index (χ1n) is 17.9. The van der Waals surface area contributed by atoms with Crippen molar-refractivity contribution in [2.45, 2.75) is 0 Å². The van der Waals surface area contributed by atoms with Crippen molar-refractivity contribution < 1.29 is 0 Å². The van der Waals surface area contributed by atoms with Gasteiger partial charge in [0.1, 0.15) is 0 Å². The Hall–Kier alpha value is -7.37. The Morgan fingerprint density at radius 2 is 0.667 bits per heavy atom. The van der Waals surface area contributed by atoms with E-state index in [9.17, 15) is 0 Å². The number of hydrogen-bond acceptors (Lipinski definition) is 5. The molecule has 0 atom stereocenters. The first-order chi connectivity index (χ1) is 26.7. The van der Waals surface area contributed by atoms with Gasteiger partial charge in [-0.2, -0.15) is 0 Å². The fourth-order valence-corrected chi connectivity index (χ4v) is 6.61. The molecule has 0 aliphatic carbocycles. The summed E-state index contributed by atoms with van der Waals surface area (Å²) in [4.78, 5) is 24.3. The van der Waals surface area contributed by atoms with Gasteiger partial charge in [0.05, 0.1) is 34.2 Å². The Morgan fingerprint density at radius 1 is 0.222 bits per heavy atom. The smallest absolute Gasteiger partial charge is 0.160 e. The molecule has 54 heavy (non-hydrogen) atoms. The molecule has 5 heteroatoms. The number of rotatable bonds is 8. The first-order valence-corrected chi connectivity index (χ1v) is 17.9. The third-order valence-electron chi connectivity index (χ3n) is 9.44. The fraction of sp³-hybridized carbons (Fsp3) is 0. The van der Waals surface area contributed by atoms with E-state index in [2.05, 4.69) is 114 Å². The molecule has 0 aliphatic rings. The van der Waals surface area contributed by atoms with Gasteiger partial charge in [0.15, 0.2) is 5.82 Å². The Labute approximate surface area is 314 Å². The van der Waals surface area contributed by atoms with Crippen molar-refractivity contribution in [3.63, 3.8) is 0 Å². The van der Waals surface area contributed by atoms with E-state index in [-0.39, 0.29) is 0 Å². The van der Waals surface area contributed by atoms with Gasteiger partial charge in [-0.15, -0.1) is 0 Å². The number of pyridine rings is 3. The van der Waals surface area contributed by atoms with Crippen LogP contribution in [0.15, 0.2) is 200 Å². The molecule has 0 saturated carbocycles. The maximum atomic E-state index is 5.02. The van der Waals surface area contributed by atoms with Crippen LogP contribution in [0.5, 0.6) is 0 Å². The van der Waals surface area contributed by atoms with Crippen LogP contribution < -0.4 is 0 Å². The molecule has 0 bridgehead atoms. The molecule has 0 radical (unpaired) electrons. The predicted molar refractivity (Wildman–Crippen MR) is 219 cm³/mol. The molecule has 4 heterocycles. The van der Waals surface area contributed by atoms with Crippen molar-refractivity contribution in [3.8, 4) is 90.1 Å². The van der Waals surface area contributed by atoms with Gasteiger partial charge in [-0.05, 0) is 75.8 Å². The standard InChI is InChI=1S/C49H33N5/c1-4-12-34(13-5-1)42-31-47(43-18-10-11-28-50-43)52-48(32-42)46-30-41(27-29-51-46)37-21-19-35(20-22-37)36-23-25-40(26-24-36)49-53-44(38-14-6-2-7-15-38)33-45(54-49)39-16-8-3-9-17-39/h1-33H. The maximum absolute atomic E-state index is 5.02. The van der Waals surface area contributed by atoms with E-state index < -0.39 is 0 Å². The van der Waals surface area contributed by atoms with Crippen LogP contribution in [0.25, 0.3) is 90.1 Å². The summed E-state index contributed by atoms with van der Waals surface area (Å²) < 4.78 is 0. The first kappa shape index (κ1) is 32.5. The molecule has 0 amide bonds. The molecule has 254 valence electrons. The highest BCUT2D eigenvalue weighted by molar-refractivity contribution is 5.78. The van der Waals surface area contributed by atoms with Gasteiger partial charge >= 0.3 is 0 Å². The lowest BCUT2D eigenvalue weighted by atomic mass is 9.98. The van der Waals surface area contributed by atoms with E-state index in [1.54, 1.807) is 6.20 Å². The van der Waals surface area contributed by atoms with E-state index >= 15 is 0 Å². The zero-order chi connectivity index (χ0) is 36.1. The second-order valence-corrected chi connectivity index (χ2v) is 13.0. The highest BCUT2D eigenvalue weighted by atomic mass is 14.9. The van der Waals surface area contributed by atoms with Crippen molar-refractivity contribution in [1.29, 1.82) is 0 Å². The van der Waals surface area contributed by atoms with Gasteiger partial charge in [0.25, 0.3) is 0 Å². The van der Waals surface area contributed by atoms with Gasteiger partial charge < -0.3 is 0 Å². The summed E-state index contributed by atoms with van der Waals surface area (Å²) >= 11 is 0. The van der Waals surface area contributed by atoms with Crippen LogP contribution >= 0.6 is 0 Å². The lowest BCUT2D eigenvalue weighted by Crippen LogP contribution is -1.95. The largest absolute Gasteiger partial charge is 0.255 e. The van der Waals surface area contributed by atoms with Crippen LogP contribution in [0.1, 0.15) is 0 Å². The SMILES string of the molecule is c1ccc(-c2cc(-c3ccccn3)nc(-c3cc(-c4ccc(-c5ccc(-c6nc(-c7ccccc7)cc(-c7ccccc7)n6)cc5)cc4)ccn3)c2)cc1. The van der Waals surface area contributed by atoms with Crippen LogP contribution in [-0.2, 0) is 0 Å². The van der Waals surface area contributed by atoms with Gasteiger partial charge in [-0.1, -0.05) is 146 Å². The second-order valence-electron chi connectivity index (χ2n) is 13.0. The molecule has 0 aliphatic heterocycles. The number of hydrogen-bond donors (Lipinski definition) is 0. The Kier molecular flexibility index (Phi) is 8.86. The van der Waals surface area contributed by atoms with Crippen LogP contribution in [0.2, 0.25) is 0 Å². The molecular weight excluding hydrogens is 659 g/mol. The summed E-state index contributed by atoms with van der Waals surface area (Å²) in [6.45, 7) is 0. The van der Waals surface area contributed by atoms with E-state index in [0.29, 0.717) is 5.82 Å². The summed E-state index contributed by atoms with van der Waals surface area (Å²) in [6.07, 6.45) is 3.65. The minimum absolute atomic E-state index is 0.696. The van der Waals surface area contributed by atoms with Crippen LogP contribution in [-0.4, -0.2) is 24.9 Å². The molecule has 4 aromatic heterocycles. The van der Waals surface area contributed by atoms with Gasteiger partial charge in [-0.25, -0.2) is 15.0 Å². The van der Waals surface area contributed by atoms with E-state index in [0.717, 1.165) is 84.2 Å². The van der Waals surface area contributed by atoms with E-state index in [4.69, 9.17) is 19.9 Å². The highest BCUT2D eigenvalue weighted by Crippen LogP contribution is 2.33. The zero-order valence-corrected chi connectivity index (χ0v) is 29.3. The van der Waals surface area contributed by atoms with Crippen molar-refractivity contribution in [3.05, 3.63) is 200 Å². The van der Waals surface area contributed by atoms with E-state index in [1.807, 2.05) is 85.1 Å². The summed E-state index contributed by atoms with van der Waals surface area (Å²) in [5.74, 6) is 0.696. The lowest BCUT2D eigenvalue weighted by Gasteiger charge is -2.11. The molecular formula is C49H33N5. The molecule has 5 aromatic carbocycles. The summed E-state index contributed by atoms with van der Waals surface area (Å²) in [5, 5.41) is 0. The summed E-state index contributed by atoms with van der Waals surface area (Å²) in [6, 6.07) is 64.3. The molecule has 9 aromatic rings. The van der Waals surface area contributed by atoms with Gasteiger partial charge in [0.2, 0.25) is 0 Å². The Balaban J connectivity index is 1.00. The summed E-state index contributed by atoms with van der Waals surface area (Å²) in [5.41, 5.74) is 14.7. The number of benzene rings is 5. The monoisotopic (exact) mass is 691 g/mol. The molecule has 9 rings (SSSR count). The van der Waals surface area contributed by atoms with Gasteiger partial charge in [-0.3, -0.25) is 9.97 Å². The average Bonchev–Trinajstić information content (AvgIpc) is 3.27. The van der Waals surface area contributed by atoms with Crippen LogP contribution in [0.4, 0.5) is 0 Å². The third kappa shape index (κ3) is 6.94. The van der Waals surface area contributed by atoms with Crippen molar-refractivity contribution in [2.24, 2.45) is 0 Å². The van der Waals surface area contributed by atoms with Gasteiger partial charge in [0, 0.05) is 29.1 Å². The second kappa shape index (κ2) is 14.7. The van der Waals surface area contributed by atoms with Crippen molar-refractivity contribution in [1.82, 2.24) is 24.9 Å². The third-order valence-corrected chi connectivity index (χ3v) is 9.44. The lowest BCUT2D eigenvalue weighted by molar-refractivity contribution is 1.18.